The van der Waals surface area contributed by atoms with E-state index in [4.69, 9.17) is 23.2 Å². The molecule has 0 aliphatic rings. The number of nitrogens with zero attached hydrogens (tertiary/aromatic N) is 2. The Morgan fingerprint density at radius 3 is 2.12 bits per heavy atom. The van der Waals surface area contributed by atoms with E-state index in [1.54, 1.807) is 30.1 Å². The molecular weight excluding hydrogens is 347 g/mol. The van der Waals surface area contributed by atoms with Gasteiger partial charge < -0.3 is 9.80 Å². The van der Waals surface area contributed by atoms with Gasteiger partial charge in [0, 0.05) is 36.2 Å². The summed E-state index contributed by atoms with van der Waals surface area (Å²) in [7, 11) is 1.71. The summed E-state index contributed by atoms with van der Waals surface area (Å²) in [6.45, 7) is 1.80. The van der Waals surface area contributed by atoms with Crippen LogP contribution in [0.15, 0.2) is 48.5 Å². The van der Waals surface area contributed by atoms with Crippen LogP contribution in [-0.2, 0) is 16.1 Å². The molecule has 0 bridgehead atoms. The zero-order chi connectivity index (χ0) is 17.7. The number of rotatable bonds is 5. The highest BCUT2D eigenvalue weighted by atomic mass is 35.5. The second-order valence-corrected chi connectivity index (χ2v) is 6.34. The number of hydrogen-bond donors (Lipinski definition) is 0. The minimum atomic E-state index is -0.255. The van der Waals surface area contributed by atoms with Gasteiger partial charge in [-0.1, -0.05) is 53.5 Å². The van der Waals surface area contributed by atoms with Crippen LogP contribution in [0.3, 0.4) is 0 Å². The molecule has 0 atom stereocenters. The molecule has 24 heavy (non-hydrogen) atoms. The van der Waals surface area contributed by atoms with Gasteiger partial charge in [0.05, 0.1) is 0 Å². The quantitative estimate of drug-likeness (QED) is 0.804. The van der Waals surface area contributed by atoms with E-state index in [-0.39, 0.29) is 18.4 Å². The molecule has 0 fully saturated rings. The van der Waals surface area contributed by atoms with Gasteiger partial charge in [0.25, 0.3) is 0 Å². The minimum Gasteiger partial charge on any atom is -0.340 e. The van der Waals surface area contributed by atoms with E-state index in [0.29, 0.717) is 22.3 Å². The maximum atomic E-state index is 12.5. The highest BCUT2D eigenvalue weighted by Crippen LogP contribution is 2.25. The van der Waals surface area contributed by atoms with Gasteiger partial charge in [-0.15, -0.1) is 0 Å². The Bertz CT molecular complexity index is 715. The fourth-order valence-corrected chi connectivity index (χ4v) is 2.80. The van der Waals surface area contributed by atoms with Crippen LogP contribution in [0.4, 0.5) is 5.69 Å². The normalized spacial score (nSPS) is 10.3. The number of anilines is 1. The largest absolute Gasteiger partial charge is 0.340 e. The van der Waals surface area contributed by atoms with Crippen molar-refractivity contribution in [1.82, 2.24) is 4.90 Å². The Morgan fingerprint density at radius 1 is 1.00 bits per heavy atom. The van der Waals surface area contributed by atoms with Crippen LogP contribution in [0.5, 0.6) is 0 Å². The van der Waals surface area contributed by atoms with E-state index >= 15 is 0 Å². The second-order valence-electron chi connectivity index (χ2n) is 5.47. The molecule has 0 aliphatic carbocycles. The number of carbonyl (C=O) groups excluding carboxylic acids is 2. The fourth-order valence-electron chi connectivity index (χ4n) is 2.28. The Kier molecular flexibility index (Phi) is 6.23. The number of amides is 2. The summed E-state index contributed by atoms with van der Waals surface area (Å²) in [6.07, 6.45) is 0. The van der Waals surface area contributed by atoms with Crippen LogP contribution in [0.25, 0.3) is 0 Å². The van der Waals surface area contributed by atoms with Gasteiger partial charge >= 0.3 is 0 Å². The summed E-state index contributed by atoms with van der Waals surface area (Å²) < 4.78 is 0. The Hall–Kier alpha value is -2.04. The number of hydrogen-bond acceptors (Lipinski definition) is 2. The molecule has 0 unspecified atom stereocenters. The summed E-state index contributed by atoms with van der Waals surface area (Å²) >= 11 is 12.0. The summed E-state index contributed by atoms with van der Waals surface area (Å²) in [5.41, 5.74) is 1.52. The van der Waals surface area contributed by atoms with Crippen molar-refractivity contribution in [3.05, 3.63) is 64.1 Å². The molecule has 0 spiro atoms. The third-order valence-corrected chi connectivity index (χ3v) is 3.96. The maximum Gasteiger partial charge on any atom is 0.242 e. The number of benzene rings is 2. The molecule has 126 valence electrons. The average molecular weight is 365 g/mol. The van der Waals surface area contributed by atoms with Gasteiger partial charge in [0.2, 0.25) is 11.8 Å². The lowest BCUT2D eigenvalue weighted by Gasteiger charge is -2.25. The molecule has 4 nitrogen and oxygen atoms in total. The van der Waals surface area contributed by atoms with Gasteiger partial charge in [0.15, 0.2) is 0 Å². The van der Waals surface area contributed by atoms with Crippen LogP contribution in [-0.4, -0.2) is 30.3 Å². The van der Waals surface area contributed by atoms with E-state index in [1.807, 2.05) is 30.3 Å². The lowest BCUT2D eigenvalue weighted by molar-refractivity contribution is -0.130. The van der Waals surface area contributed by atoms with Gasteiger partial charge in [-0.25, -0.2) is 0 Å². The predicted octanol–water partition coefficient (Wildman–Crippen LogP) is 4.00. The Labute approximate surface area is 151 Å². The maximum absolute atomic E-state index is 12.5. The standard InChI is InChI=1S/C18H18Cl2N2O2/c1-13(23)22(17-9-15(19)8-16(20)10-17)12-18(24)21(2)11-14-6-4-3-5-7-14/h3-10H,11-12H2,1-2H3. The first-order chi connectivity index (χ1) is 11.4. The van der Waals surface area contributed by atoms with Gasteiger partial charge in [-0.3, -0.25) is 9.59 Å². The summed E-state index contributed by atoms with van der Waals surface area (Å²) in [5, 5.41) is 0.822. The third-order valence-electron chi connectivity index (χ3n) is 3.52. The van der Waals surface area contributed by atoms with E-state index < -0.39 is 0 Å². The summed E-state index contributed by atoms with van der Waals surface area (Å²) in [4.78, 5) is 27.4. The van der Waals surface area contributed by atoms with Crippen molar-refractivity contribution in [3.8, 4) is 0 Å². The molecule has 2 aromatic carbocycles. The highest BCUT2D eigenvalue weighted by Gasteiger charge is 2.19. The molecule has 0 saturated heterocycles. The van der Waals surface area contributed by atoms with Crippen molar-refractivity contribution >= 4 is 40.7 Å². The van der Waals surface area contributed by atoms with Crippen LogP contribution in [0.1, 0.15) is 12.5 Å². The van der Waals surface area contributed by atoms with E-state index in [9.17, 15) is 9.59 Å². The van der Waals surface area contributed by atoms with Crippen LogP contribution in [0, 0.1) is 0 Å². The molecule has 6 heteroatoms. The zero-order valence-corrected chi connectivity index (χ0v) is 15.0. The van der Waals surface area contributed by atoms with Crippen LogP contribution in [0.2, 0.25) is 10.0 Å². The van der Waals surface area contributed by atoms with Crippen molar-refractivity contribution in [2.75, 3.05) is 18.5 Å². The Balaban J connectivity index is 2.12. The molecule has 0 saturated carbocycles. The summed E-state index contributed by atoms with van der Waals surface area (Å²) in [5.74, 6) is -0.431. The lowest BCUT2D eigenvalue weighted by atomic mass is 10.2. The summed E-state index contributed by atoms with van der Waals surface area (Å²) in [6, 6.07) is 14.5. The van der Waals surface area contributed by atoms with Gasteiger partial charge in [-0.05, 0) is 23.8 Å². The fraction of sp³-hybridized carbons (Fsp3) is 0.222. The van der Waals surface area contributed by atoms with Crippen molar-refractivity contribution in [2.24, 2.45) is 0 Å². The topological polar surface area (TPSA) is 40.6 Å². The lowest BCUT2D eigenvalue weighted by Crippen LogP contribution is -2.40. The number of halogens is 2. The third kappa shape index (κ3) is 4.98. The molecule has 0 heterocycles. The molecule has 2 rings (SSSR count). The molecule has 0 aromatic heterocycles. The highest BCUT2D eigenvalue weighted by molar-refractivity contribution is 6.35. The SMILES string of the molecule is CC(=O)N(CC(=O)N(C)Cc1ccccc1)c1cc(Cl)cc(Cl)c1. The smallest absolute Gasteiger partial charge is 0.242 e. The first-order valence-electron chi connectivity index (χ1n) is 7.39. The van der Waals surface area contributed by atoms with E-state index in [0.717, 1.165) is 5.56 Å². The second kappa shape index (κ2) is 8.18. The van der Waals surface area contributed by atoms with Crippen molar-refractivity contribution < 1.29 is 9.59 Å². The minimum absolute atomic E-state index is 0.0741. The Morgan fingerprint density at radius 2 is 1.58 bits per heavy atom. The van der Waals surface area contributed by atoms with Crippen molar-refractivity contribution in [1.29, 1.82) is 0 Å². The van der Waals surface area contributed by atoms with Crippen LogP contribution >= 0.6 is 23.2 Å². The average Bonchev–Trinajstić information content (AvgIpc) is 2.51. The van der Waals surface area contributed by atoms with E-state index in [2.05, 4.69) is 0 Å². The predicted molar refractivity (Wildman–Crippen MR) is 97.4 cm³/mol. The van der Waals surface area contributed by atoms with Crippen LogP contribution < -0.4 is 4.90 Å². The van der Waals surface area contributed by atoms with E-state index in [1.165, 1.54) is 11.8 Å². The molecule has 0 radical (unpaired) electrons. The number of carbonyl (C=O) groups is 2. The van der Waals surface area contributed by atoms with Crippen molar-refractivity contribution in [2.45, 2.75) is 13.5 Å². The first kappa shape index (κ1) is 18.3. The monoisotopic (exact) mass is 364 g/mol. The van der Waals surface area contributed by atoms with Crippen molar-refractivity contribution in [3.63, 3.8) is 0 Å². The van der Waals surface area contributed by atoms with Gasteiger partial charge in [-0.2, -0.15) is 0 Å². The molecule has 2 amide bonds. The molecule has 0 N–H and O–H groups in total. The molecular formula is C18H18Cl2N2O2. The zero-order valence-electron chi connectivity index (χ0n) is 13.5. The first-order valence-corrected chi connectivity index (χ1v) is 8.14. The number of likely N-dealkylation sites (N-methyl/N-ethyl adjacent to an activating group) is 1. The molecule has 2 aromatic rings. The molecule has 0 aliphatic heterocycles. The van der Waals surface area contributed by atoms with Gasteiger partial charge in [0.1, 0.15) is 6.54 Å².